The molecule has 10 heteroatoms. The van der Waals surface area contributed by atoms with E-state index in [-0.39, 0.29) is 17.9 Å². The van der Waals surface area contributed by atoms with Crippen molar-refractivity contribution in [2.75, 3.05) is 13.2 Å². The molecule has 0 amide bonds. The second-order valence-corrected chi connectivity index (χ2v) is 28.2. The van der Waals surface area contributed by atoms with Gasteiger partial charge in [-0.05, 0) is 164 Å². The van der Waals surface area contributed by atoms with E-state index in [1.807, 2.05) is 0 Å². The zero-order valence-corrected chi connectivity index (χ0v) is 34.5. The largest absolute Gasteiger partial charge is 0.465 e. The van der Waals surface area contributed by atoms with Crippen LogP contribution in [0.3, 0.4) is 0 Å². The predicted octanol–water partition coefficient (Wildman–Crippen LogP) is 8.97. The topological polar surface area (TPSA) is 99.4 Å². The predicted molar refractivity (Wildman–Crippen MR) is 202 cm³/mol. The van der Waals surface area contributed by atoms with Gasteiger partial charge in [-0.25, -0.2) is 0 Å². The van der Waals surface area contributed by atoms with Crippen LogP contribution in [0.15, 0.2) is 0 Å². The Bertz CT molecular complexity index is 1140. The summed E-state index contributed by atoms with van der Waals surface area (Å²) in [6, 6.07) is 2.76. The molecular formula is C41H70O8Si2. The number of hydrogen-bond donors (Lipinski definition) is 0. The number of fused-ring (bicyclic) bond motifs is 4. The summed E-state index contributed by atoms with van der Waals surface area (Å²) >= 11 is 0. The van der Waals surface area contributed by atoms with Crippen LogP contribution in [0.2, 0.25) is 38.3 Å². The smallest absolute Gasteiger partial charge is 0.309 e. The first-order chi connectivity index (χ1) is 24.5. The summed E-state index contributed by atoms with van der Waals surface area (Å²) in [5, 5.41) is 0. The first-order valence-electron chi connectivity index (χ1n) is 21.5. The zero-order valence-electron chi connectivity index (χ0n) is 32.5. The number of ether oxygens (including phenoxy) is 5. The lowest BCUT2D eigenvalue weighted by atomic mass is 9.87. The Hall–Kier alpha value is -0.786. The van der Waals surface area contributed by atoms with E-state index >= 15 is 0 Å². The number of carbonyl (C=O) groups excluding carboxylic acids is 2. The first-order valence-corrected chi connectivity index (χ1v) is 27.7. The molecule has 3 heterocycles. The lowest BCUT2D eigenvalue weighted by Gasteiger charge is -2.36. The lowest BCUT2D eigenvalue weighted by molar-refractivity contribution is -0.150. The molecule has 5 saturated carbocycles. The van der Waals surface area contributed by atoms with Crippen LogP contribution in [0.5, 0.6) is 0 Å². The number of esters is 2. The van der Waals surface area contributed by atoms with Crippen molar-refractivity contribution >= 4 is 28.6 Å². The molecule has 0 bridgehead atoms. The van der Waals surface area contributed by atoms with Crippen LogP contribution in [-0.4, -0.2) is 78.4 Å². The third kappa shape index (κ3) is 12.1. The lowest BCUT2D eigenvalue weighted by Crippen LogP contribution is -2.44. The summed E-state index contributed by atoms with van der Waals surface area (Å²) in [5.74, 6) is 4.51. The standard InChI is InChI=1S/C21H40O2Si2.C20H30O6/c1-24(2,11-9-16-5-7-18-15-19(18)13-16)23-25(3,4)12-10-17-6-8-20-21(14-17)22-20;21-19(24-12-13-5-7-15-17(10-13)25-15)4-2-1-3-9-23-20(22)14-6-8-16-18(11-14)26-16/h16-21H,5-15H2,1-4H3;13-18H,1-12H2. The molecule has 8 nitrogen and oxygen atoms in total. The van der Waals surface area contributed by atoms with Gasteiger partial charge < -0.3 is 27.8 Å². The van der Waals surface area contributed by atoms with Crippen molar-refractivity contribution < 1.29 is 37.4 Å². The summed E-state index contributed by atoms with van der Waals surface area (Å²) < 4.78 is 34.3. The summed E-state index contributed by atoms with van der Waals surface area (Å²) in [4.78, 5) is 23.8. The van der Waals surface area contributed by atoms with Gasteiger partial charge in [0, 0.05) is 6.42 Å². The maximum Gasteiger partial charge on any atom is 0.309 e. The van der Waals surface area contributed by atoms with E-state index in [9.17, 15) is 9.59 Å². The van der Waals surface area contributed by atoms with Crippen molar-refractivity contribution in [1.29, 1.82) is 0 Å². The number of hydrogen-bond acceptors (Lipinski definition) is 8. The van der Waals surface area contributed by atoms with E-state index in [2.05, 4.69) is 26.2 Å². The normalized spacial score (nSPS) is 38.7. The van der Waals surface area contributed by atoms with Gasteiger partial charge in [-0.15, -0.1) is 0 Å². The maximum atomic E-state index is 12.0. The summed E-state index contributed by atoms with van der Waals surface area (Å²) in [5.41, 5.74) is 0. The van der Waals surface area contributed by atoms with Gasteiger partial charge in [0.2, 0.25) is 0 Å². The van der Waals surface area contributed by atoms with Crippen LogP contribution in [0, 0.1) is 35.5 Å². The van der Waals surface area contributed by atoms with Crippen LogP contribution in [0.4, 0.5) is 0 Å². The summed E-state index contributed by atoms with van der Waals surface area (Å²) in [6.07, 6.45) is 24.8. The van der Waals surface area contributed by atoms with E-state index in [1.54, 1.807) is 12.8 Å². The van der Waals surface area contributed by atoms with Gasteiger partial charge in [-0.1, -0.05) is 19.3 Å². The fourth-order valence-corrected chi connectivity index (χ4v) is 19.3. The molecule has 0 spiro atoms. The summed E-state index contributed by atoms with van der Waals surface area (Å²) in [7, 11) is -2.99. The molecule has 8 aliphatic rings. The van der Waals surface area contributed by atoms with Crippen LogP contribution >= 0.6 is 0 Å². The van der Waals surface area contributed by atoms with Gasteiger partial charge in [0.05, 0.1) is 55.8 Å². The van der Waals surface area contributed by atoms with Crippen molar-refractivity contribution in [3.05, 3.63) is 0 Å². The van der Waals surface area contributed by atoms with Gasteiger partial charge in [0.25, 0.3) is 0 Å². The molecule has 12 atom stereocenters. The molecule has 3 saturated heterocycles. The monoisotopic (exact) mass is 746 g/mol. The van der Waals surface area contributed by atoms with E-state index < -0.39 is 16.6 Å². The van der Waals surface area contributed by atoms with Crippen LogP contribution in [-0.2, 0) is 37.4 Å². The average molecular weight is 747 g/mol. The minimum atomic E-state index is -1.50. The Kier molecular flexibility index (Phi) is 12.8. The van der Waals surface area contributed by atoms with Gasteiger partial charge in [0.1, 0.15) is 0 Å². The molecule has 0 aromatic carbocycles. The first kappa shape index (κ1) is 38.5. The quantitative estimate of drug-likeness (QED) is 0.0630. The third-order valence-corrected chi connectivity index (χ3v) is 21.2. The molecule has 290 valence electrons. The van der Waals surface area contributed by atoms with E-state index in [0.29, 0.717) is 62.2 Å². The van der Waals surface area contributed by atoms with Crippen molar-refractivity contribution in [1.82, 2.24) is 0 Å². The Morgan fingerprint density at radius 1 is 0.569 bits per heavy atom. The number of unbranched alkanes of at least 4 members (excludes halogenated alkanes) is 2. The van der Waals surface area contributed by atoms with Gasteiger partial charge in [0.15, 0.2) is 16.6 Å². The van der Waals surface area contributed by atoms with Crippen LogP contribution < -0.4 is 0 Å². The molecule has 0 radical (unpaired) electrons. The summed E-state index contributed by atoms with van der Waals surface area (Å²) in [6.45, 7) is 10.9. The van der Waals surface area contributed by atoms with Crippen molar-refractivity contribution in [2.24, 2.45) is 35.5 Å². The van der Waals surface area contributed by atoms with Crippen molar-refractivity contribution in [3.8, 4) is 0 Å². The molecule has 0 aromatic heterocycles. The molecule has 8 rings (SSSR count). The van der Waals surface area contributed by atoms with Gasteiger partial charge in [-0.3, -0.25) is 9.59 Å². The maximum absolute atomic E-state index is 12.0. The highest BCUT2D eigenvalue weighted by Gasteiger charge is 2.47. The fraction of sp³-hybridized carbons (Fsp3) is 0.951. The molecule has 0 N–H and O–H groups in total. The van der Waals surface area contributed by atoms with E-state index in [1.165, 1.54) is 57.0 Å². The minimum Gasteiger partial charge on any atom is -0.465 e. The van der Waals surface area contributed by atoms with Gasteiger partial charge in [-0.2, -0.15) is 0 Å². The molecular weight excluding hydrogens is 677 g/mol. The molecule has 8 fully saturated rings. The van der Waals surface area contributed by atoms with Crippen LogP contribution in [0.25, 0.3) is 0 Å². The zero-order chi connectivity index (χ0) is 35.6. The highest BCUT2D eigenvalue weighted by molar-refractivity contribution is 6.84. The third-order valence-electron chi connectivity index (χ3n) is 13.8. The highest BCUT2D eigenvalue weighted by Crippen LogP contribution is 2.52. The minimum absolute atomic E-state index is 0.0184. The molecule has 3 aliphatic heterocycles. The van der Waals surface area contributed by atoms with E-state index in [0.717, 1.165) is 81.5 Å². The molecule has 51 heavy (non-hydrogen) atoms. The Labute approximate surface area is 310 Å². The Morgan fingerprint density at radius 3 is 1.80 bits per heavy atom. The Balaban J connectivity index is 0.000000159. The van der Waals surface area contributed by atoms with Crippen molar-refractivity contribution in [2.45, 2.75) is 197 Å². The average Bonchev–Trinajstić information content (AvgIpc) is 3.92. The van der Waals surface area contributed by atoms with Crippen molar-refractivity contribution in [3.63, 3.8) is 0 Å². The SMILES string of the molecule is C[Si](C)(CCC1CCC2CC2C1)O[Si](C)(C)CCC1CCC2OC2C1.O=C(CCCCCOC(=O)C1CCC2OC2C1)OCC1CCC2OC2C1. The van der Waals surface area contributed by atoms with Crippen LogP contribution in [0.1, 0.15) is 122 Å². The number of epoxide rings is 3. The number of carbonyl (C=O) groups is 2. The van der Waals surface area contributed by atoms with E-state index in [4.69, 9.17) is 27.8 Å². The Morgan fingerprint density at radius 2 is 1.16 bits per heavy atom. The fourth-order valence-electron chi connectivity index (χ4n) is 10.3. The molecule has 5 aliphatic carbocycles. The highest BCUT2D eigenvalue weighted by atomic mass is 28.4. The second-order valence-electron chi connectivity index (χ2n) is 19.3. The molecule has 0 aromatic rings. The number of rotatable bonds is 17. The molecule has 12 unspecified atom stereocenters. The van der Waals surface area contributed by atoms with Gasteiger partial charge >= 0.3 is 11.9 Å². The second kappa shape index (κ2) is 16.9.